The van der Waals surface area contributed by atoms with Gasteiger partial charge in [0.25, 0.3) is 5.91 Å². The van der Waals surface area contributed by atoms with Gasteiger partial charge in [-0.25, -0.2) is 14.1 Å². The zero-order valence-electron chi connectivity index (χ0n) is 12.3. The first-order chi connectivity index (χ1) is 11.3. The van der Waals surface area contributed by atoms with Gasteiger partial charge in [-0.05, 0) is 6.07 Å². The van der Waals surface area contributed by atoms with Crippen LogP contribution in [0.3, 0.4) is 0 Å². The van der Waals surface area contributed by atoms with Gasteiger partial charge in [0.05, 0.1) is 17.8 Å². The minimum absolute atomic E-state index is 0.0249. The van der Waals surface area contributed by atoms with E-state index in [1.165, 1.54) is 7.11 Å². The highest BCUT2D eigenvalue weighted by Gasteiger charge is 2.33. The molecule has 1 heterocycles. The fourth-order valence-corrected chi connectivity index (χ4v) is 2.76. The van der Waals surface area contributed by atoms with E-state index >= 15 is 0 Å². The predicted molar refractivity (Wildman–Crippen MR) is 88.2 cm³/mol. The van der Waals surface area contributed by atoms with E-state index in [-0.39, 0.29) is 45.7 Å². The number of ether oxygens (including phenoxy) is 1. The average Bonchev–Trinajstić information content (AvgIpc) is 2.46. The molecule has 10 heteroatoms. The van der Waals surface area contributed by atoms with Gasteiger partial charge in [-0.2, -0.15) is 0 Å². The predicted octanol–water partition coefficient (Wildman–Crippen LogP) is 2.95. The standard InChI is InChI=1S/C14H12ClFN2O5S/c1-23-11-7(15)4-6(16)5-8(11)17-12(24)10-9(19)2-3-18(13(10)20)14(21)22/h4-5,19H,2-3H2,1H3,(H,17,24)(H,21,22). The van der Waals surface area contributed by atoms with Crippen molar-refractivity contribution >= 4 is 46.5 Å². The summed E-state index contributed by atoms with van der Waals surface area (Å²) >= 11 is 10.9. The molecular weight excluding hydrogens is 363 g/mol. The van der Waals surface area contributed by atoms with Crippen LogP contribution in [-0.2, 0) is 4.79 Å². The number of nitrogens with zero attached hydrogens (tertiary/aromatic N) is 1. The Bertz CT molecular complexity index is 768. The van der Waals surface area contributed by atoms with Crippen LogP contribution in [0.5, 0.6) is 5.75 Å². The number of hydrogen-bond acceptors (Lipinski definition) is 5. The molecule has 7 nitrogen and oxygen atoms in total. The molecule has 3 N–H and O–H groups in total. The number of imide groups is 1. The Morgan fingerprint density at radius 1 is 1.50 bits per heavy atom. The van der Waals surface area contributed by atoms with Crippen molar-refractivity contribution in [3.8, 4) is 5.75 Å². The highest BCUT2D eigenvalue weighted by molar-refractivity contribution is 7.81. The van der Waals surface area contributed by atoms with Crippen LogP contribution in [-0.4, -0.2) is 45.8 Å². The fourth-order valence-electron chi connectivity index (χ4n) is 2.16. The maximum Gasteiger partial charge on any atom is 0.414 e. The summed E-state index contributed by atoms with van der Waals surface area (Å²) in [5.41, 5.74) is -0.339. The number of amides is 2. The molecule has 0 atom stereocenters. The van der Waals surface area contributed by atoms with E-state index in [0.717, 1.165) is 12.1 Å². The van der Waals surface area contributed by atoms with Crippen LogP contribution in [0.4, 0.5) is 14.9 Å². The summed E-state index contributed by atoms with van der Waals surface area (Å²) in [4.78, 5) is 23.5. The fraction of sp³-hybridized carbons (Fsp3) is 0.214. The Morgan fingerprint density at radius 2 is 2.17 bits per heavy atom. The van der Waals surface area contributed by atoms with Gasteiger partial charge in [0, 0.05) is 19.0 Å². The van der Waals surface area contributed by atoms with E-state index in [0.29, 0.717) is 4.90 Å². The van der Waals surface area contributed by atoms with Gasteiger partial charge in [-0.15, -0.1) is 0 Å². The molecular formula is C14H12ClFN2O5S. The van der Waals surface area contributed by atoms with Crippen LogP contribution >= 0.6 is 23.8 Å². The minimum atomic E-state index is -1.46. The number of methoxy groups -OCH3 is 1. The number of carbonyl (C=O) groups excluding carboxylic acids is 1. The highest BCUT2D eigenvalue weighted by Crippen LogP contribution is 2.34. The quantitative estimate of drug-likeness (QED) is 0.699. The van der Waals surface area contributed by atoms with Crippen molar-refractivity contribution in [3.05, 3.63) is 34.3 Å². The molecule has 0 saturated carbocycles. The molecule has 0 radical (unpaired) electrons. The number of carbonyl (C=O) groups is 2. The van der Waals surface area contributed by atoms with Crippen LogP contribution in [0.1, 0.15) is 6.42 Å². The van der Waals surface area contributed by atoms with E-state index in [1.54, 1.807) is 0 Å². The summed E-state index contributed by atoms with van der Waals surface area (Å²) in [5, 5.41) is 21.4. The van der Waals surface area contributed by atoms with E-state index < -0.39 is 17.8 Å². The summed E-state index contributed by atoms with van der Waals surface area (Å²) in [7, 11) is 1.31. The first kappa shape index (κ1) is 18.0. The van der Waals surface area contributed by atoms with Crippen LogP contribution in [0.2, 0.25) is 5.02 Å². The van der Waals surface area contributed by atoms with Crippen molar-refractivity contribution in [2.24, 2.45) is 0 Å². The van der Waals surface area contributed by atoms with Crippen molar-refractivity contribution in [2.75, 3.05) is 19.0 Å². The lowest BCUT2D eigenvalue weighted by molar-refractivity contribution is -0.125. The largest absolute Gasteiger partial charge is 0.511 e. The van der Waals surface area contributed by atoms with Crippen LogP contribution in [0.15, 0.2) is 23.5 Å². The molecule has 0 aliphatic carbocycles. The van der Waals surface area contributed by atoms with Gasteiger partial charge >= 0.3 is 6.09 Å². The lowest BCUT2D eigenvalue weighted by atomic mass is 10.1. The normalized spacial score (nSPS) is 14.6. The smallest absolute Gasteiger partial charge is 0.414 e. The molecule has 2 amide bonds. The van der Waals surface area contributed by atoms with Crippen molar-refractivity contribution < 1.29 is 28.9 Å². The van der Waals surface area contributed by atoms with E-state index in [4.69, 9.17) is 33.7 Å². The summed E-state index contributed by atoms with van der Waals surface area (Å²) in [6.07, 6.45) is -1.53. The van der Waals surface area contributed by atoms with Gasteiger partial charge in [-0.3, -0.25) is 4.79 Å². The Balaban J connectivity index is 2.36. The molecule has 24 heavy (non-hydrogen) atoms. The summed E-state index contributed by atoms with van der Waals surface area (Å²) in [6, 6.07) is 2.07. The molecule has 1 aliphatic rings. The zero-order chi connectivity index (χ0) is 18.0. The van der Waals surface area contributed by atoms with Crippen molar-refractivity contribution in [1.29, 1.82) is 0 Å². The minimum Gasteiger partial charge on any atom is -0.511 e. The monoisotopic (exact) mass is 374 g/mol. The van der Waals surface area contributed by atoms with Crippen LogP contribution in [0.25, 0.3) is 0 Å². The second-order valence-electron chi connectivity index (χ2n) is 4.73. The Morgan fingerprint density at radius 3 is 2.75 bits per heavy atom. The third-order valence-corrected chi connectivity index (χ3v) is 3.83. The molecule has 0 spiro atoms. The van der Waals surface area contributed by atoms with Gasteiger partial charge in [0.1, 0.15) is 22.1 Å². The number of halogens is 2. The number of benzene rings is 1. The second kappa shape index (κ2) is 7.02. The summed E-state index contributed by atoms with van der Waals surface area (Å²) in [6.45, 7) is -0.179. The first-order valence-corrected chi connectivity index (χ1v) is 7.36. The Labute approximate surface area is 146 Å². The Kier molecular flexibility index (Phi) is 5.25. The van der Waals surface area contributed by atoms with Gasteiger partial charge in [0.2, 0.25) is 0 Å². The lowest BCUT2D eigenvalue weighted by Gasteiger charge is -2.25. The number of aliphatic hydroxyl groups excluding tert-OH is 1. The zero-order valence-corrected chi connectivity index (χ0v) is 13.9. The second-order valence-corrected chi connectivity index (χ2v) is 5.55. The number of carboxylic acid groups (broad SMARTS) is 1. The molecule has 1 aliphatic heterocycles. The van der Waals surface area contributed by atoms with Gasteiger partial charge in [0.15, 0.2) is 5.75 Å². The third-order valence-electron chi connectivity index (χ3n) is 3.24. The number of hydrogen-bond donors (Lipinski definition) is 3. The third kappa shape index (κ3) is 3.41. The maximum absolute atomic E-state index is 13.5. The molecule has 0 aromatic heterocycles. The average molecular weight is 375 g/mol. The number of aliphatic hydroxyl groups is 1. The van der Waals surface area contributed by atoms with Gasteiger partial charge in [-0.1, -0.05) is 23.8 Å². The number of rotatable bonds is 3. The van der Waals surface area contributed by atoms with Crippen LogP contribution in [0, 0.1) is 5.82 Å². The number of thiocarbonyl (C=S) groups is 1. The van der Waals surface area contributed by atoms with Crippen LogP contribution < -0.4 is 10.1 Å². The molecule has 0 saturated heterocycles. The van der Waals surface area contributed by atoms with Crippen molar-refractivity contribution in [3.63, 3.8) is 0 Å². The molecule has 1 aromatic rings. The van der Waals surface area contributed by atoms with Gasteiger partial charge < -0.3 is 20.3 Å². The number of nitrogens with one attached hydrogen (secondary N) is 1. The highest BCUT2D eigenvalue weighted by atomic mass is 35.5. The summed E-state index contributed by atoms with van der Waals surface area (Å²) in [5.74, 6) is -1.91. The van der Waals surface area contributed by atoms with E-state index in [1.807, 2.05) is 0 Å². The topological polar surface area (TPSA) is 99.1 Å². The Hall–Kier alpha value is -2.39. The molecule has 128 valence electrons. The summed E-state index contributed by atoms with van der Waals surface area (Å²) < 4.78 is 18.6. The van der Waals surface area contributed by atoms with E-state index in [9.17, 15) is 19.1 Å². The lowest BCUT2D eigenvalue weighted by Crippen LogP contribution is -2.43. The SMILES string of the molecule is COc1c(Cl)cc(F)cc1NC(=S)C1=C(O)CCN(C(=O)O)C1=O. The number of anilines is 1. The molecule has 0 fully saturated rings. The van der Waals surface area contributed by atoms with E-state index in [2.05, 4.69) is 5.32 Å². The molecule has 0 unspecified atom stereocenters. The molecule has 0 bridgehead atoms. The molecule has 1 aromatic carbocycles. The van der Waals surface area contributed by atoms with Crippen molar-refractivity contribution in [2.45, 2.75) is 6.42 Å². The van der Waals surface area contributed by atoms with Crippen molar-refractivity contribution in [1.82, 2.24) is 4.90 Å². The molecule has 2 rings (SSSR count). The maximum atomic E-state index is 13.5. The first-order valence-electron chi connectivity index (χ1n) is 6.57.